The van der Waals surface area contributed by atoms with Gasteiger partial charge in [-0.25, -0.2) is 4.79 Å². The second kappa shape index (κ2) is 8.77. The predicted molar refractivity (Wildman–Crippen MR) is 92.9 cm³/mol. The van der Waals surface area contributed by atoms with Gasteiger partial charge in [0.1, 0.15) is 0 Å². The Kier molecular flexibility index (Phi) is 7.05. The SMILES string of the molecule is CCN=C(N)NC(=O)Nc1c(CC)cc(C(=O)NC)cc1CC. The smallest absolute Gasteiger partial charge is 0.326 e. The van der Waals surface area contributed by atoms with E-state index in [1.807, 2.05) is 20.8 Å². The van der Waals surface area contributed by atoms with Gasteiger partial charge in [-0.2, -0.15) is 0 Å². The molecule has 23 heavy (non-hydrogen) atoms. The summed E-state index contributed by atoms with van der Waals surface area (Å²) in [6.07, 6.45) is 1.37. The number of carbonyl (C=O) groups excluding carboxylic acids is 2. The molecule has 0 radical (unpaired) electrons. The maximum absolute atomic E-state index is 12.0. The Labute approximate surface area is 136 Å². The number of guanidine groups is 1. The molecular weight excluding hydrogens is 294 g/mol. The second-order valence-electron chi connectivity index (χ2n) is 4.89. The zero-order valence-corrected chi connectivity index (χ0v) is 14.1. The van der Waals surface area contributed by atoms with Crippen LogP contribution in [0, 0.1) is 0 Å². The van der Waals surface area contributed by atoms with Gasteiger partial charge in [-0.05, 0) is 43.0 Å². The number of hydrogen-bond acceptors (Lipinski definition) is 3. The molecule has 0 heterocycles. The Morgan fingerprint density at radius 2 is 1.70 bits per heavy atom. The molecule has 1 rings (SSSR count). The van der Waals surface area contributed by atoms with E-state index in [0.717, 1.165) is 11.1 Å². The number of amides is 3. The third-order valence-corrected chi connectivity index (χ3v) is 3.36. The number of hydrogen-bond donors (Lipinski definition) is 4. The number of carbonyl (C=O) groups is 2. The fraction of sp³-hybridized carbons (Fsp3) is 0.438. The molecule has 0 saturated carbocycles. The Hall–Kier alpha value is -2.57. The summed E-state index contributed by atoms with van der Waals surface area (Å²) in [5, 5.41) is 7.90. The molecule has 3 amide bonds. The van der Waals surface area contributed by atoms with E-state index >= 15 is 0 Å². The molecule has 5 N–H and O–H groups in total. The summed E-state index contributed by atoms with van der Waals surface area (Å²) in [5.74, 6) is -0.0761. The van der Waals surface area contributed by atoms with Crippen LogP contribution in [0.2, 0.25) is 0 Å². The average molecular weight is 319 g/mol. The number of aryl methyl sites for hydroxylation is 2. The molecule has 0 atom stereocenters. The van der Waals surface area contributed by atoms with Crippen molar-refractivity contribution in [1.29, 1.82) is 0 Å². The van der Waals surface area contributed by atoms with Gasteiger partial charge in [0.15, 0.2) is 5.96 Å². The fourth-order valence-electron chi connectivity index (χ4n) is 2.23. The molecule has 1 aromatic rings. The van der Waals surface area contributed by atoms with Crippen LogP contribution >= 0.6 is 0 Å². The number of nitrogens with two attached hydrogens (primary N) is 1. The second-order valence-corrected chi connectivity index (χ2v) is 4.89. The highest BCUT2D eigenvalue weighted by molar-refractivity contribution is 6.03. The molecule has 0 aliphatic carbocycles. The van der Waals surface area contributed by atoms with Crippen molar-refractivity contribution >= 4 is 23.6 Å². The van der Waals surface area contributed by atoms with Gasteiger partial charge in [0.2, 0.25) is 0 Å². The van der Waals surface area contributed by atoms with Gasteiger partial charge in [-0.3, -0.25) is 15.1 Å². The summed E-state index contributed by atoms with van der Waals surface area (Å²) >= 11 is 0. The molecule has 0 fully saturated rings. The maximum atomic E-state index is 12.0. The Morgan fingerprint density at radius 3 is 2.13 bits per heavy atom. The van der Waals surface area contributed by atoms with Crippen LogP contribution in [0.25, 0.3) is 0 Å². The van der Waals surface area contributed by atoms with Crippen molar-refractivity contribution < 1.29 is 9.59 Å². The van der Waals surface area contributed by atoms with Crippen molar-refractivity contribution in [3.05, 3.63) is 28.8 Å². The Morgan fingerprint density at radius 1 is 1.13 bits per heavy atom. The van der Waals surface area contributed by atoms with Gasteiger partial charge >= 0.3 is 6.03 Å². The quantitative estimate of drug-likeness (QED) is 0.489. The molecule has 0 aliphatic rings. The predicted octanol–water partition coefficient (Wildman–Crippen LogP) is 1.63. The molecule has 0 unspecified atom stereocenters. The van der Waals surface area contributed by atoms with Crippen LogP contribution in [-0.4, -0.2) is 31.5 Å². The van der Waals surface area contributed by atoms with Crippen molar-refractivity contribution in [2.75, 3.05) is 18.9 Å². The van der Waals surface area contributed by atoms with Crippen molar-refractivity contribution in [2.45, 2.75) is 33.6 Å². The highest BCUT2D eigenvalue weighted by Crippen LogP contribution is 2.25. The van der Waals surface area contributed by atoms with E-state index in [1.165, 1.54) is 0 Å². The first-order chi connectivity index (χ1) is 11.0. The molecule has 0 bridgehead atoms. The number of nitrogens with one attached hydrogen (secondary N) is 3. The zero-order valence-electron chi connectivity index (χ0n) is 14.1. The molecule has 0 aromatic heterocycles. The molecule has 0 spiro atoms. The molecular formula is C16H25N5O2. The zero-order chi connectivity index (χ0) is 17.4. The van der Waals surface area contributed by atoms with E-state index in [4.69, 9.17) is 5.73 Å². The maximum Gasteiger partial charge on any atom is 0.326 e. The lowest BCUT2D eigenvalue weighted by Crippen LogP contribution is -2.40. The first-order valence-corrected chi connectivity index (χ1v) is 7.72. The summed E-state index contributed by atoms with van der Waals surface area (Å²) in [5.41, 5.74) is 8.67. The van der Waals surface area contributed by atoms with Gasteiger partial charge in [0.05, 0.1) is 0 Å². The van der Waals surface area contributed by atoms with Crippen LogP contribution < -0.4 is 21.7 Å². The van der Waals surface area contributed by atoms with E-state index in [1.54, 1.807) is 19.2 Å². The third kappa shape index (κ3) is 4.98. The number of aliphatic imine (C=N–C) groups is 1. The topological polar surface area (TPSA) is 109 Å². The van der Waals surface area contributed by atoms with E-state index < -0.39 is 6.03 Å². The number of nitrogens with zero attached hydrogens (tertiary/aromatic N) is 1. The van der Waals surface area contributed by atoms with Crippen LogP contribution in [0.4, 0.5) is 10.5 Å². The minimum Gasteiger partial charge on any atom is -0.370 e. The van der Waals surface area contributed by atoms with Gasteiger partial charge < -0.3 is 16.4 Å². The number of anilines is 1. The highest BCUT2D eigenvalue weighted by atomic mass is 16.2. The van der Waals surface area contributed by atoms with Crippen molar-refractivity contribution in [1.82, 2.24) is 10.6 Å². The molecule has 7 nitrogen and oxygen atoms in total. The van der Waals surface area contributed by atoms with E-state index in [0.29, 0.717) is 30.6 Å². The summed E-state index contributed by atoms with van der Waals surface area (Å²) in [6, 6.07) is 3.13. The molecule has 126 valence electrons. The lowest BCUT2D eigenvalue weighted by Gasteiger charge is -2.16. The Bertz CT molecular complexity index is 585. The fourth-order valence-corrected chi connectivity index (χ4v) is 2.23. The third-order valence-electron chi connectivity index (χ3n) is 3.36. The van der Waals surface area contributed by atoms with Crippen molar-refractivity contribution in [3.63, 3.8) is 0 Å². The lowest BCUT2D eigenvalue weighted by atomic mass is 9.98. The van der Waals surface area contributed by atoms with Gasteiger partial charge in [0, 0.05) is 24.8 Å². The standard InChI is InChI=1S/C16H25N5O2/c1-5-10-8-12(14(22)18-4)9-11(6-2)13(10)20-16(23)21-15(17)19-7-3/h8-9H,5-7H2,1-4H3,(H,18,22)(H4,17,19,20,21,23). The van der Waals surface area contributed by atoms with Gasteiger partial charge in [-0.1, -0.05) is 13.8 Å². The first-order valence-electron chi connectivity index (χ1n) is 7.72. The number of urea groups is 1. The van der Waals surface area contributed by atoms with Gasteiger partial charge in [-0.15, -0.1) is 0 Å². The summed E-state index contributed by atoms with van der Waals surface area (Å²) < 4.78 is 0. The monoisotopic (exact) mass is 319 g/mol. The largest absolute Gasteiger partial charge is 0.370 e. The minimum atomic E-state index is -0.447. The first kappa shape index (κ1) is 18.5. The summed E-state index contributed by atoms with van der Waals surface area (Å²) in [7, 11) is 1.59. The van der Waals surface area contributed by atoms with Crippen molar-refractivity contribution in [3.8, 4) is 0 Å². The molecule has 0 saturated heterocycles. The molecule has 1 aromatic carbocycles. The summed E-state index contributed by atoms with van der Waals surface area (Å²) in [4.78, 5) is 27.8. The number of benzene rings is 1. The normalized spacial score (nSPS) is 11.0. The van der Waals surface area contributed by atoms with Crippen molar-refractivity contribution in [2.24, 2.45) is 10.7 Å². The van der Waals surface area contributed by atoms with E-state index in [2.05, 4.69) is 20.9 Å². The number of rotatable bonds is 5. The lowest BCUT2D eigenvalue weighted by molar-refractivity contribution is 0.0963. The van der Waals surface area contributed by atoms with Crippen LogP contribution in [0.3, 0.4) is 0 Å². The van der Waals surface area contributed by atoms with E-state index in [-0.39, 0.29) is 11.9 Å². The van der Waals surface area contributed by atoms with Crippen LogP contribution in [0.1, 0.15) is 42.3 Å². The Balaban J connectivity index is 3.12. The van der Waals surface area contributed by atoms with Crippen LogP contribution in [-0.2, 0) is 12.8 Å². The van der Waals surface area contributed by atoms with E-state index in [9.17, 15) is 9.59 Å². The average Bonchev–Trinajstić information content (AvgIpc) is 2.54. The van der Waals surface area contributed by atoms with Crippen LogP contribution in [0.5, 0.6) is 0 Å². The molecule has 7 heteroatoms. The van der Waals surface area contributed by atoms with Crippen LogP contribution in [0.15, 0.2) is 17.1 Å². The molecule has 0 aliphatic heterocycles. The van der Waals surface area contributed by atoms with Gasteiger partial charge in [0.25, 0.3) is 5.91 Å². The minimum absolute atomic E-state index is 0.0723. The summed E-state index contributed by atoms with van der Waals surface area (Å²) in [6.45, 7) is 6.26. The highest BCUT2D eigenvalue weighted by Gasteiger charge is 2.15.